The average molecular weight is 362 g/mol. The van der Waals surface area contributed by atoms with Gasteiger partial charge in [-0.2, -0.15) is 0 Å². The summed E-state index contributed by atoms with van der Waals surface area (Å²) in [6, 6.07) is 7.29. The summed E-state index contributed by atoms with van der Waals surface area (Å²) in [5.74, 6) is 0.552. The molecule has 1 atom stereocenters. The number of piperazine rings is 1. The molecule has 2 heterocycles. The minimum atomic E-state index is 0. The van der Waals surface area contributed by atoms with Crippen molar-refractivity contribution in [3.05, 3.63) is 24.3 Å². The largest absolute Gasteiger partial charge is 0.508 e. The molecular formula is C16H25Cl2N3O2. The first-order chi connectivity index (χ1) is 10.2. The fourth-order valence-corrected chi connectivity index (χ4v) is 3.13. The van der Waals surface area contributed by atoms with Crippen LogP contribution in [-0.4, -0.2) is 54.7 Å². The Morgan fingerprint density at radius 1 is 1.04 bits per heavy atom. The Morgan fingerprint density at radius 3 is 2.26 bits per heavy atom. The molecule has 0 saturated carbocycles. The second-order valence-electron chi connectivity index (χ2n) is 5.83. The van der Waals surface area contributed by atoms with Gasteiger partial charge in [-0.15, -0.1) is 24.8 Å². The number of amides is 1. The molecule has 1 aromatic rings. The van der Waals surface area contributed by atoms with Gasteiger partial charge in [0, 0.05) is 31.9 Å². The summed E-state index contributed by atoms with van der Waals surface area (Å²) >= 11 is 0. The van der Waals surface area contributed by atoms with Crippen LogP contribution in [-0.2, 0) is 4.79 Å². The molecule has 3 rings (SSSR count). The normalized spacial score (nSPS) is 21.1. The highest BCUT2D eigenvalue weighted by molar-refractivity contribution is 5.85. The van der Waals surface area contributed by atoms with Gasteiger partial charge < -0.3 is 20.2 Å². The third-order valence-corrected chi connectivity index (χ3v) is 4.41. The second-order valence-corrected chi connectivity index (χ2v) is 5.83. The molecule has 2 fully saturated rings. The predicted octanol–water partition coefficient (Wildman–Crippen LogP) is 2.03. The number of halogens is 2. The van der Waals surface area contributed by atoms with Crippen LogP contribution >= 0.6 is 24.8 Å². The molecule has 5 nitrogen and oxygen atoms in total. The van der Waals surface area contributed by atoms with Crippen molar-refractivity contribution in [3.63, 3.8) is 0 Å². The molecule has 0 aliphatic carbocycles. The van der Waals surface area contributed by atoms with Crippen molar-refractivity contribution in [2.45, 2.75) is 25.3 Å². The average Bonchev–Trinajstić information content (AvgIpc) is 2.56. The summed E-state index contributed by atoms with van der Waals surface area (Å²) in [5, 5.41) is 12.7. The number of rotatable bonds is 2. The highest BCUT2D eigenvalue weighted by Gasteiger charge is 2.28. The van der Waals surface area contributed by atoms with Gasteiger partial charge in [-0.05, 0) is 43.7 Å². The molecule has 0 aromatic heterocycles. The number of phenolic OH excluding ortho intramolecular Hbond substituents is 1. The van der Waals surface area contributed by atoms with Crippen LogP contribution in [0.1, 0.15) is 19.3 Å². The number of anilines is 1. The molecule has 7 heteroatoms. The Hall–Kier alpha value is -1.17. The van der Waals surface area contributed by atoms with Crippen molar-refractivity contribution >= 4 is 36.4 Å². The molecule has 0 unspecified atom stereocenters. The van der Waals surface area contributed by atoms with Gasteiger partial charge in [-0.3, -0.25) is 4.79 Å². The standard InChI is InChI=1S/C16H23N3O2.2ClH/c20-14-6-4-13(5-7-14)18-9-11-19(12-10-18)16(21)15-3-1-2-8-17-15;;/h4-7,15,17,20H,1-3,8-12H2;2*1H/t15-;;/m1../s1. The van der Waals surface area contributed by atoms with Gasteiger partial charge in [0.25, 0.3) is 0 Å². The maximum absolute atomic E-state index is 12.5. The molecular weight excluding hydrogens is 337 g/mol. The summed E-state index contributed by atoms with van der Waals surface area (Å²) in [7, 11) is 0. The lowest BCUT2D eigenvalue weighted by molar-refractivity contribution is -0.134. The lowest BCUT2D eigenvalue weighted by Crippen LogP contribution is -2.55. The topological polar surface area (TPSA) is 55.8 Å². The third-order valence-electron chi connectivity index (χ3n) is 4.41. The lowest BCUT2D eigenvalue weighted by Gasteiger charge is -2.38. The number of phenols is 1. The summed E-state index contributed by atoms with van der Waals surface area (Å²) in [6.07, 6.45) is 3.30. The molecule has 1 aromatic carbocycles. The van der Waals surface area contributed by atoms with Crippen LogP contribution < -0.4 is 10.2 Å². The number of carbonyl (C=O) groups is 1. The molecule has 0 spiro atoms. The summed E-state index contributed by atoms with van der Waals surface area (Å²) in [4.78, 5) is 16.7. The van der Waals surface area contributed by atoms with Gasteiger partial charge >= 0.3 is 0 Å². The van der Waals surface area contributed by atoms with E-state index in [0.29, 0.717) is 0 Å². The number of piperidine rings is 1. The lowest BCUT2D eigenvalue weighted by atomic mass is 10.0. The molecule has 0 radical (unpaired) electrons. The Morgan fingerprint density at radius 2 is 1.70 bits per heavy atom. The van der Waals surface area contributed by atoms with Crippen molar-refractivity contribution in [3.8, 4) is 5.75 Å². The maximum Gasteiger partial charge on any atom is 0.239 e. The van der Waals surface area contributed by atoms with Crippen molar-refractivity contribution < 1.29 is 9.90 Å². The minimum Gasteiger partial charge on any atom is -0.508 e. The second kappa shape index (κ2) is 9.21. The Kier molecular flexibility index (Phi) is 7.95. The fraction of sp³-hybridized carbons (Fsp3) is 0.562. The fourth-order valence-electron chi connectivity index (χ4n) is 3.13. The Labute approximate surface area is 149 Å². The SMILES string of the molecule is Cl.Cl.O=C([C@H]1CCCCN1)N1CCN(c2ccc(O)cc2)CC1. The van der Waals surface area contributed by atoms with E-state index < -0.39 is 0 Å². The van der Waals surface area contributed by atoms with E-state index in [1.54, 1.807) is 12.1 Å². The molecule has 130 valence electrons. The highest BCUT2D eigenvalue weighted by Crippen LogP contribution is 2.20. The van der Waals surface area contributed by atoms with Gasteiger partial charge in [0.15, 0.2) is 0 Å². The number of hydrogen-bond donors (Lipinski definition) is 2. The quantitative estimate of drug-likeness (QED) is 0.845. The van der Waals surface area contributed by atoms with Crippen molar-refractivity contribution in [1.82, 2.24) is 10.2 Å². The first-order valence-corrected chi connectivity index (χ1v) is 7.80. The highest BCUT2D eigenvalue weighted by atomic mass is 35.5. The number of carbonyl (C=O) groups excluding carboxylic acids is 1. The van der Waals surface area contributed by atoms with E-state index >= 15 is 0 Å². The van der Waals surface area contributed by atoms with E-state index in [1.807, 2.05) is 17.0 Å². The summed E-state index contributed by atoms with van der Waals surface area (Å²) in [5.41, 5.74) is 1.11. The molecule has 2 aliphatic heterocycles. The van der Waals surface area contributed by atoms with Gasteiger partial charge in [0.05, 0.1) is 6.04 Å². The van der Waals surface area contributed by atoms with Crippen LogP contribution in [0.2, 0.25) is 0 Å². The van der Waals surface area contributed by atoms with E-state index in [-0.39, 0.29) is 42.5 Å². The molecule has 2 saturated heterocycles. The van der Waals surface area contributed by atoms with E-state index in [2.05, 4.69) is 10.2 Å². The minimum absolute atomic E-state index is 0. The maximum atomic E-state index is 12.5. The van der Waals surface area contributed by atoms with Crippen LogP contribution in [0.25, 0.3) is 0 Å². The van der Waals surface area contributed by atoms with Gasteiger partial charge in [0.1, 0.15) is 5.75 Å². The first-order valence-electron chi connectivity index (χ1n) is 7.80. The van der Waals surface area contributed by atoms with Crippen LogP contribution in [0.5, 0.6) is 5.75 Å². The monoisotopic (exact) mass is 361 g/mol. The molecule has 0 bridgehead atoms. The molecule has 1 amide bonds. The number of nitrogens with zero attached hydrogens (tertiary/aromatic N) is 2. The number of nitrogens with one attached hydrogen (secondary N) is 1. The third kappa shape index (κ3) is 4.90. The van der Waals surface area contributed by atoms with Crippen LogP contribution in [0, 0.1) is 0 Å². The van der Waals surface area contributed by atoms with Crippen molar-refractivity contribution in [2.24, 2.45) is 0 Å². The van der Waals surface area contributed by atoms with E-state index in [1.165, 1.54) is 6.42 Å². The zero-order chi connectivity index (χ0) is 14.7. The summed E-state index contributed by atoms with van der Waals surface area (Å²) in [6.45, 7) is 4.21. The van der Waals surface area contributed by atoms with E-state index in [0.717, 1.165) is 51.3 Å². The summed E-state index contributed by atoms with van der Waals surface area (Å²) < 4.78 is 0. The zero-order valence-corrected chi connectivity index (χ0v) is 14.7. The number of aromatic hydroxyl groups is 1. The Bertz CT molecular complexity index is 485. The van der Waals surface area contributed by atoms with Crippen LogP contribution in [0.3, 0.4) is 0 Å². The van der Waals surface area contributed by atoms with Gasteiger partial charge in [0.2, 0.25) is 5.91 Å². The van der Waals surface area contributed by atoms with Crippen LogP contribution in [0.4, 0.5) is 5.69 Å². The van der Waals surface area contributed by atoms with Gasteiger partial charge in [-0.1, -0.05) is 6.42 Å². The Balaban J connectivity index is 0.00000132. The number of hydrogen-bond acceptors (Lipinski definition) is 4. The van der Waals surface area contributed by atoms with Crippen molar-refractivity contribution in [1.29, 1.82) is 0 Å². The molecule has 23 heavy (non-hydrogen) atoms. The molecule has 2 N–H and O–H groups in total. The molecule has 2 aliphatic rings. The zero-order valence-electron chi connectivity index (χ0n) is 13.1. The van der Waals surface area contributed by atoms with Crippen molar-refractivity contribution in [2.75, 3.05) is 37.6 Å². The smallest absolute Gasteiger partial charge is 0.239 e. The van der Waals surface area contributed by atoms with Crippen LogP contribution in [0.15, 0.2) is 24.3 Å². The predicted molar refractivity (Wildman–Crippen MR) is 97.0 cm³/mol. The number of benzene rings is 1. The first kappa shape index (κ1) is 19.9. The van der Waals surface area contributed by atoms with Gasteiger partial charge in [-0.25, -0.2) is 0 Å². The van der Waals surface area contributed by atoms with E-state index in [9.17, 15) is 9.90 Å². The van der Waals surface area contributed by atoms with E-state index in [4.69, 9.17) is 0 Å².